The van der Waals surface area contributed by atoms with Gasteiger partial charge in [0.2, 0.25) is 0 Å². The van der Waals surface area contributed by atoms with Crippen LogP contribution in [0, 0.1) is 13.8 Å². The summed E-state index contributed by atoms with van der Waals surface area (Å²) in [6.07, 6.45) is 0. The summed E-state index contributed by atoms with van der Waals surface area (Å²) in [6, 6.07) is 23.9. The Bertz CT molecular complexity index is 1190. The fraction of sp³-hybridized carbons (Fsp3) is 0.192. The number of nitrogens with zero attached hydrogens (tertiary/aromatic N) is 1. The molecule has 0 saturated carbocycles. The summed E-state index contributed by atoms with van der Waals surface area (Å²) >= 11 is 6.02. The average molecular weight is 417 g/mol. The van der Waals surface area contributed by atoms with E-state index in [1.807, 2.05) is 67.6 Å². The quantitative estimate of drug-likeness (QED) is 0.398. The molecule has 4 heteroatoms. The van der Waals surface area contributed by atoms with E-state index in [0.717, 1.165) is 28.0 Å². The SMILES string of the molecule is Cc1c(C)n(Cc2ccc(Cl)cc2)c2ccc(C(=O)N[C@@H](C)c3ccccc3)cc12. The molecule has 1 atom stereocenters. The van der Waals surface area contributed by atoms with E-state index in [9.17, 15) is 4.79 Å². The molecule has 4 rings (SSSR count). The largest absolute Gasteiger partial charge is 0.346 e. The standard InChI is InChI=1S/C26H25ClN2O/c1-17-19(3)29(16-20-9-12-23(27)13-10-20)25-14-11-22(15-24(17)25)26(30)28-18(2)21-7-5-4-6-8-21/h4-15,18H,16H2,1-3H3,(H,28,30)/t18-/m0/s1. The highest BCUT2D eigenvalue weighted by Gasteiger charge is 2.16. The van der Waals surface area contributed by atoms with Crippen molar-refractivity contribution in [1.29, 1.82) is 0 Å². The molecule has 1 aromatic heterocycles. The molecule has 1 amide bonds. The Morgan fingerprint density at radius 2 is 1.70 bits per heavy atom. The van der Waals surface area contributed by atoms with Crippen LogP contribution in [0.3, 0.4) is 0 Å². The van der Waals surface area contributed by atoms with Gasteiger partial charge < -0.3 is 9.88 Å². The lowest BCUT2D eigenvalue weighted by Gasteiger charge is -2.14. The second-order valence-electron chi connectivity index (χ2n) is 7.76. The van der Waals surface area contributed by atoms with Crippen LogP contribution in [0.25, 0.3) is 10.9 Å². The predicted octanol–water partition coefficient (Wildman–Crippen LogP) is 6.45. The van der Waals surface area contributed by atoms with Crippen LogP contribution >= 0.6 is 11.6 Å². The van der Waals surface area contributed by atoms with Gasteiger partial charge >= 0.3 is 0 Å². The molecule has 1 N–H and O–H groups in total. The van der Waals surface area contributed by atoms with E-state index in [0.29, 0.717) is 5.56 Å². The first-order valence-corrected chi connectivity index (χ1v) is 10.5. The van der Waals surface area contributed by atoms with Crippen molar-refractivity contribution in [2.45, 2.75) is 33.4 Å². The number of benzene rings is 3. The number of carbonyl (C=O) groups excluding carboxylic acids is 1. The van der Waals surface area contributed by atoms with Gasteiger partial charge in [-0.25, -0.2) is 0 Å². The number of halogens is 1. The van der Waals surface area contributed by atoms with Gasteiger partial charge in [0, 0.05) is 33.7 Å². The van der Waals surface area contributed by atoms with Crippen LogP contribution in [0.4, 0.5) is 0 Å². The van der Waals surface area contributed by atoms with Gasteiger partial charge in [0.25, 0.3) is 5.91 Å². The van der Waals surface area contributed by atoms with Gasteiger partial charge in [0.05, 0.1) is 6.04 Å². The molecule has 0 aliphatic heterocycles. The molecule has 0 saturated heterocycles. The molecule has 4 aromatic rings. The first-order chi connectivity index (χ1) is 14.4. The molecule has 0 fully saturated rings. The Morgan fingerprint density at radius 3 is 2.40 bits per heavy atom. The van der Waals surface area contributed by atoms with Gasteiger partial charge in [-0.1, -0.05) is 54.1 Å². The summed E-state index contributed by atoms with van der Waals surface area (Å²) in [7, 11) is 0. The molecule has 152 valence electrons. The van der Waals surface area contributed by atoms with Gasteiger partial charge in [-0.15, -0.1) is 0 Å². The average Bonchev–Trinajstić information content (AvgIpc) is 3.00. The monoisotopic (exact) mass is 416 g/mol. The van der Waals surface area contributed by atoms with E-state index in [2.05, 4.69) is 35.9 Å². The maximum Gasteiger partial charge on any atom is 0.251 e. The second kappa shape index (κ2) is 8.37. The van der Waals surface area contributed by atoms with Gasteiger partial charge in [0.1, 0.15) is 0 Å². The molecule has 30 heavy (non-hydrogen) atoms. The summed E-state index contributed by atoms with van der Waals surface area (Å²) in [6.45, 7) is 7.01. The minimum Gasteiger partial charge on any atom is -0.346 e. The highest BCUT2D eigenvalue weighted by molar-refractivity contribution is 6.30. The number of hydrogen-bond donors (Lipinski definition) is 1. The summed E-state index contributed by atoms with van der Waals surface area (Å²) < 4.78 is 2.29. The summed E-state index contributed by atoms with van der Waals surface area (Å²) in [5.41, 5.74) is 6.50. The zero-order valence-corrected chi connectivity index (χ0v) is 18.2. The van der Waals surface area contributed by atoms with E-state index >= 15 is 0 Å². The lowest BCUT2D eigenvalue weighted by atomic mass is 10.1. The van der Waals surface area contributed by atoms with Crippen LogP contribution in [0.1, 0.15) is 45.7 Å². The third-order valence-electron chi connectivity index (χ3n) is 5.80. The zero-order valence-electron chi connectivity index (χ0n) is 17.4. The molecule has 1 heterocycles. The third kappa shape index (κ3) is 3.99. The molecule has 0 bridgehead atoms. The van der Waals surface area contributed by atoms with E-state index in [4.69, 9.17) is 11.6 Å². The predicted molar refractivity (Wildman–Crippen MR) is 124 cm³/mol. The lowest BCUT2D eigenvalue weighted by Crippen LogP contribution is -2.26. The van der Waals surface area contributed by atoms with Crippen molar-refractivity contribution in [2.24, 2.45) is 0 Å². The number of nitrogens with one attached hydrogen (secondary N) is 1. The Hall–Kier alpha value is -3.04. The molecular weight excluding hydrogens is 392 g/mol. The van der Waals surface area contributed by atoms with Crippen molar-refractivity contribution in [2.75, 3.05) is 0 Å². The van der Waals surface area contributed by atoms with Crippen molar-refractivity contribution in [3.05, 3.63) is 106 Å². The number of aromatic nitrogens is 1. The molecule has 3 nitrogen and oxygen atoms in total. The summed E-state index contributed by atoms with van der Waals surface area (Å²) in [5.74, 6) is -0.0595. The summed E-state index contributed by atoms with van der Waals surface area (Å²) in [5, 5.41) is 4.96. The number of carbonyl (C=O) groups is 1. The number of rotatable bonds is 5. The van der Waals surface area contributed by atoms with E-state index < -0.39 is 0 Å². The number of aryl methyl sites for hydroxylation is 1. The van der Waals surface area contributed by atoms with Crippen LogP contribution < -0.4 is 5.32 Å². The van der Waals surface area contributed by atoms with Crippen LogP contribution in [-0.2, 0) is 6.54 Å². The fourth-order valence-electron chi connectivity index (χ4n) is 3.87. The number of hydrogen-bond acceptors (Lipinski definition) is 1. The lowest BCUT2D eigenvalue weighted by molar-refractivity contribution is 0.0940. The van der Waals surface area contributed by atoms with E-state index in [1.54, 1.807) is 0 Å². The Labute approximate surface area is 182 Å². The van der Waals surface area contributed by atoms with Crippen LogP contribution in [0.15, 0.2) is 72.8 Å². The molecule has 0 aliphatic rings. The Kier molecular flexibility index (Phi) is 5.65. The molecule has 0 unspecified atom stereocenters. The fourth-order valence-corrected chi connectivity index (χ4v) is 4.00. The molecule has 0 spiro atoms. The van der Waals surface area contributed by atoms with Crippen molar-refractivity contribution >= 4 is 28.4 Å². The maximum atomic E-state index is 12.9. The third-order valence-corrected chi connectivity index (χ3v) is 6.05. The van der Waals surface area contributed by atoms with Crippen molar-refractivity contribution in [3.63, 3.8) is 0 Å². The zero-order chi connectivity index (χ0) is 21.3. The highest BCUT2D eigenvalue weighted by Crippen LogP contribution is 2.28. The molecule has 3 aromatic carbocycles. The van der Waals surface area contributed by atoms with Gasteiger partial charge in [-0.05, 0) is 67.8 Å². The van der Waals surface area contributed by atoms with E-state index in [-0.39, 0.29) is 11.9 Å². The topological polar surface area (TPSA) is 34.0 Å². The minimum atomic E-state index is -0.0595. The molecular formula is C26H25ClN2O. The van der Waals surface area contributed by atoms with Crippen molar-refractivity contribution in [1.82, 2.24) is 9.88 Å². The normalized spacial score (nSPS) is 12.1. The van der Waals surface area contributed by atoms with Crippen molar-refractivity contribution in [3.8, 4) is 0 Å². The van der Waals surface area contributed by atoms with Crippen molar-refractivity contribution < 1.29 is 4.79 Å². The van der Waals surface area contributed by atoms with Crippen LogP contribution in [-0.4, -0.2) is 10.5 Å². The van der Waals surface area contributed by atoms with Gasteiger partial charge in [0.15, 0.2) is 0 Å². The maximum absolute atomic E-state index is 12.9. The van der Waals surface area contributed by atoms with Crippen LogP contribution in [0.2, 0.25) is 5.02 Å². The first-order valence-electron chi connectivity index (χ1n) is 10.1. The van der Waals surface area contributed by atoms with Gasteiger partial charge in [-0.2, -0.15) is 0 Å². The molecule has 0 radical (unpaired) electrons. The molecule has 0 aliphatic carbocycles. The Balaban J connectivity index is 1.62. The highest BCUT2D eigenvalue weighted by atomic mass is 35.5. The Morgan fingerprint density at radius 1 is 1.00 bits per heavy atom. The van der Waals surface area contributed by atoms with Crippen LogP contribution in [0.5, 0.6) is 0 Å². The summed E-state index contributed by atoms with van der Waals surface area (Å²) in [4.78, 5) is 12.9. The number of amides is 1. The minimum absolute atomic E-state index is 0.0493. The second-order valence-corrected chi connectivity index (χ2v) is 8.20. The van der Waals surface area contributed by atoms with Gasteiger partial charge in [-0.3, -0.25) is 4.79 Å². The van der Waals surface area contributed by atoms with E-state index in [1.165, 1.54) is 16.8 Å². The smallest absolute Gasteiger partial charge is 0.251 e. The first kappa shape index (κ1) is 20.2. The number of fused-ring (bicyclic) bond motifs is 1.